The SMILES string of the molecule is O=C1c2c(Cl)c(Cl)c(Cl)c(Cl)c2C(=O)N1c1ccc(/C=C/c2ccccc2)cc1. The summed E-state index contributed by atoms with van der Waals surface area (Å²) in [5.74, 6) is -1.19. The van der Waals surface area contributed by atoms with Gasteiger partial charge in [0.05, 0.1) is 36.9 Å². The largest absolute Gasteiger partial charge is 0.268 e. The Kier molecular flexibility index (Phi) is 5.41. The van der Waals surface area contributed by atoms with Crippen LogP contribution in [0.25, 0.3) is 12.2 Å². The zero-order valence-corrected chi connectivity index (χ0v) is 17.7. The maximum atomic E-state index is 12.9. The Morgan fingerprint density at radius 3 is 1.52 bits per heavy atom. The highest BCUT2D eigenvalue weighted by Crippen LogP contribution is 2.45. The third-order valence-electron chi connectivity index (χ3n) is 4.52. The van der Waals surface area contributed by atoms with Crippen LogP contribution in [0.3, 0.4) is 0 Å². The second-order valence-electron chi connectivity index (χ2n) is 6.29. The molecule has 3 nitrogen and oxygen atoms in total. The van der Waals surface area contributed by atoms with Gasteiger partial charge in [0.2, 0.25) is 0 Å². The first-order chi connectivity index (χ1) is 13.9. The number of anilines is 1. The molecule has 3 aromatic carbocycles. The Bertz CT molecular complexity index is 1120. The lowest BCUT2D eigenvalue weighted by Gasteiger charge is -2.14. The minimum Gasteiger partial charge on any atom is -0.268 e. The van der Waals surface area contributed by atoms with E-state index in [0.29, 0.717) is 5.69 Å². The summed E-state index contributed by atoms with van der Waals surface area (Å²) in [5, 5.41) is -0.276. The van der Waals surface area contributed by atoms with Crippen LogP contribution in [0.5, 0.6) is 0 Å². The lowest BCUT2D eigenvalue weighted by Crippen LogP contribution is -2.29. The van der Waals surface area contributed by atoms with E-state index in [1.807, 2.05) is 54.6 Å². The van der Waals surface area contributed by atoms with Crippen molar-refractivity contribution >= 4 is 76.1 Å². The Labute approximate surface area is 187 Å². The number of hydrogen-bond donors (Lipinski definition) is 0. The third-order valence-corrected chi connectivity index (χ3v) is 6.32. The molecular formula is C22H11Cl4NO2. The molecule has 0 fully saturated rings. The fourth-order valence-corrected chi connectivity index (χ4v) is 4.09. The second-order valence-corrected chi connectivity index (χ2v) is 7.80. The summed E-state index contributed by atoms with van der Waals surface area (Å²) in [6.07, 6.45) is 3.91. The fraction of sp³-hybridized carbons (Fsp3) is 0. The van der Waals surface area contributed by atoms with Crippen LogP contribution >= 0.6 is 46.4 Å². The van der Waals surface area contributed by atoms with Crippen LogP contribution in [-0.4, -0.2) is 11.8 Å². The number of fused-ring (bicyclic) bond motifs is 1. The van der Waals surface area contributed by atoms with Gasteiger partial charge >= 0.3 is 0 Å². The number of imide groups is 1. The van der Waals surface area contributed by atoms with E-state index in [9.17, 15) is 9.59 Å². The van der Waals surface area contributed by atoms with Crippen LogP contribution in [0, 0.1) is 0 Å². The summed E-state index contributed by atoms with van der Waals surface area (Å²) >= 11 is 24.4. The molecule has 0 aliphatic carbocycles. The Balaban J connectivity index is 1.67. The molecule has 144 valence electrons. The quantitative estimate of drug-likeness (QED) is 0.177. The molecule has 0 saturated carbocycles. The highest BCUT2D eigenvalue weighted by atomic mass is 35.5. The molecule has 7 heteroatoms. The molecule has 0 N–H and O–H groups in total. The molecule has 0 unspecified atom stereocenters. The number of benzene rings is 3. The zero-order valence-electron chi connectivity index (χ0n) is 14.6. The number of halogens is 4. The lowest BCUT2D eigenvalue weighted by molar-refractivity contribution is 0.0926. The van der Waals surface area contributed by atoms with Crippen molar-refractivity contribution in [3.05, 3.63) is 96.9 Å². The third kappa shape index (κ3) is 3.45. The van der Waals surface area contributed by atoms with Gasteiger partial charge in [0.25, 0.3) is 11.8 Å². The number of nitrogens with zero attached hydrogens (tertiary/aromatic N) is 1. The highest BCUT2D eigenvalue weighted by molar-refractivity contribution is 6.56. The number of amides is 2. The van der Waals surface area contributed by atoms with E-state index in [1.54, 1.807) is 12.1 Å². The Morgan fingerprint density at radius 1 is 0.586 bits per heavy atom. The van der Waals surface area contributed by atoms with Crippen LogP contribution < -0.4 is 4.90 Å². The molecule has 1 aliphatic rings. The monoisotopic (exact) mass is 461 g/mol. The van der Waals surface area contributed by atoms with Crippen molar-refractivity contribution in [2.45, 2.75) is 0 Å². The zero-order chi connectivity index (χ0) is 20.7. The van der Waals surface area contributed by atoms with Crippen LogP contribution in [0.1, 0.15) is 31.8 Å². The van der Waals surface area contributed by atoms with Gasteiger partial charge in [-0.1, -0.05) is 101 Å². The van der Waals surface area contributed by atoms with Gasteiger partial charge in [-0.2, -0.15) is 0 Å². The first kappa shape index (κ1) is 20.0. The topological polar surface area (TPSA) is 37.4 Å². The lowest BCUT2D eigenvalue weighted by atomic mass is 10.1. The maximum Gasteiger partial charge on any atom is 0.267 e. The van der Waals surface area contributed by atoms with Crippen molar-refractivity contribution in [3.63, 3.8) is 0 Å². The van der Waals surface area contributed by atoms with Gasteiger partial charge in [0.15, 0.2) is 0 Å². The van der Waals surface area contributed by atoms with Crippen LogP contribution in [-0.2, 0) is 0 Å². The van der Waals surface area contributed by atoms with E-state index in [2.05, 4.69) is 0 Å². The molecule has 4 rings (SSSR count). The maximum absolute atomic E-state index is 12.9. The highest BCUT2D eigenvalue weighted by Gasteiger charge is 2.42. The van der Waals surface area contributed by atoms with Crippen LogP contribution in [0.2, 0.25) is 20.1 Å². The predicted octanol–water partition coefficient (Wildman–Crippen LogP) is 7.27. The standard InChI is InChI=1S/C22H11Cl4NO2/c23-17-15-16(18(24)20(26)19(17)25)22(29)27(21(15)28)14-10-8-13(9-11-14)7-6-12-4-2-1-3-5-12/h1-11H/b7-6+. The van der Waals surface area contributed by atoms with Crippen LogP contribution in [0.4, 0.5) is 5.69 Å². The smallest absolute Gasteiger partial charge is 0.267 e. The molecular weight excluding hydrogens is 452 g/mol. The van der Waals surface area contributed by atoms with Crippen molar-refractivity contribution in [3.8, 4) is 0 Å². The molecule has 0 saturated heterocycles. The van der Waals surface area contributed by atoms with Gasteiger partial charge in [0, 0.05) is 0 Å². The molecule has 1 aliphatic heterocycles. The van der Waals surface area contributed by atoms with E-state index in [-0.39, 0.29) is 31.2 Å². The molecule has 0 aromatic heterocycles. The van der Waals surface area contributed by atoms with E-state index in [4.69, 9.17) is 46.4 Å². The summed E-state index contributed by atoms with van der Waals surface area (Å²) < 4.78 is 0. The van der Waals surface area contributed by atoms with Gasteiger partial charge in [-0.25, -0.2) is 4.90 Å². The Hall–Kier alpha value is -2.30. The average molecular weight is 463 g/mol. The average Bonchev–Trinajstić information content (AvgIpc) is 3.00. The van der Waals surface area contributed by atoms with Gasteiger partial charge in [-0.05, 0) is 23.3 Å². The van der Waals surface area contributed by atoms with Crippen molar-refractivity contribution in [2.24, 2.45) is 0 Å². The van der Waals surface area contributed by atoms with Crippen molar-refractivity contribution in [1.29, 1.82) is 0 Å². The summed E-state index contributed by atoms with van der Waals surface area (Å²) in [4.78, 5) is 26.8. The van der Waals surface area contributed by atoms with Crippen molar-refractivity contribution in [1.82, 2.24) is 0 Å². The number of carbonyl (C=O) groups excluding carboxylic acids is 2. The van der Waals surface area contributed by atoms with Crippen molar-refractivity contribution in [2.75, 3.05) is 4.90 Å². The molecule has 0 bridgehead atoms. The number of carbonyl (C=O) groups is 2. The molecule has 1 heterocycles. The minimum absolute atomic E-state index is 0.0379. The van der Waals surface area contributed by atoms with E-state index >= 15 is 0 Å². The fourth-order valence-electron chi connectivity index (χ4n) is 3.07. The number of hydrogen-bond acceptors (Lipinski definition) is 2. The second kappa shape index (κ2) is 7.85. The molecule has 0 atom stereocenters. The van der Waals surface area contributed by atoms with Gasteiger partial charge in [-0.15, -0.1) is 0 Å². The first-order valence-corrected chi connectivity index (χ1v) is 9.99. The van der Waals surface area contributed by atoms with E-state index in [1.165, 1.54) is 0 Å². The van der Waals surface area contributed by atoms with E-state index in [0.717, 1.165) is 16.0 Å². The van der Waals surface area contributed by atoms with Crippen LogP contribution in [0.15, 0.2) is 54.6 Å². The minimum atomic E-state index is -0.594. The molecule has 0 radical (unpaired) electrons. The molecule has 3 aromatic rings. The van der Waals surface area contributed by atoms with E-state index < -0.39 is 11.8 Å². The molecule has 29 heavy (non-hydrogen) atoms. The summed E-state index contributed by atoms with van der Waals surface area (Å²) in [6.45, 7) is 0. The van der Waals surface area contributed by atoms with Gasteiger partial charge in [0.1, 0.15) is 0 Å². The normalized spacial score (nSPS) is 13.4. The summed E-state index contributed by atoms with van der Waals surface area (Å²) in [5.41, 5.74) is 2.30. The van der Waals surface area contributed by atoms with Gasteiger partial charge < -0.3 is 0 Å². The summed E-state index contributed by atoms with van der Waals surface area (Å²) in [6, 6.07) is 16.8. The molecule has 2 amide bonds. The Morgan fingerprint density at radius 2 is 1.03 bits per heavy atom. The molecule has 0 spiro atoms. The summed E-state index contributed by atoms with van der Waals surface area (Å²) in [7, 11) is 0. The number of rotatable bonds is 3. The van der Waals surface area contributed by atoms with Gasteiger partial charge in [-0.3, -0.25) is 9.59 Å². The van der Waals surface area contributed by atoms with Crippen molar-refractivity contribution < 1.29 is 9.59 Å². The first-order valence-electron chi connectivity index (χ1n) is 8.48. The predicted molar refractivity (Wildman–Crippen MR) is 119 cm³/mol.